The Kier molecular flexibility index (Phi) is 9.56. The largest absolute Gasteiger partial charge is 0.295 e. The van der Waals surface area contributed by atoms with Gasteiger partial charge in [0, 0.05) is 11.1 Å². The summed E-state index contributed by atoms with van der Waals surface area (Å²) in [7, 11) is 0. The normalized spacial score (nSPS) is 9.17. The Bertz CT molecular complexity index is 697. The lowest BCUT2D eigenvalue weighted by atomic mass is 10.0. The Morgan fingerprint density at radius 2 is 1.21 bits per heavy atom. The molecule has 0 fully saturated rings. The monoisotopic (exact) mass is 326 g/mol. The second-order valence-electron chi connectivity index (χ2n) is 5.73. The lowest BCUT2D eigenvalue weighted by Crippen LogP contribution is -2.00. The molecule has 0 radical (unpaired) electrons. The van der Waals surface area contributed by atoms with Crippen LogP contribution in [-0.4, -0.2) is 11.6 Å². The summed E-state index contributed by atoms with van der Waals surface area (Å²) < 4.78 is 0. The van der Waals surface area contributed by atoms with Crippen LogP contribution in [0.3, 0.4) is 0 Å². The average Bonchev–Trinajstić information content (AvgIpc) is 2.53. The Balaban J connectivity index is 0.000000420. The van der Waals surface area contributed by atoms with Crippen molar-refractivity contribution in [2.45, 2.75) is 55.4 Å². The van der Waals surface area contributed by atoms with E-state index in [0.29, 0.717) is 11.1 Å². The minimum Gasteiger partial charge on any atom is -0.295 e. The van der Waals surface area contributed by atoms with Crippen LogP contribution in [0.25, 0.3) is 0 Å². The summed E-state index contributed by atoms with van der Waals surface area (Å²) >= 11 is 0. The molecular weight excluding hydrogens is 296 g/mol. The Hall–Kier alpha value is -2.22. The third-order valence-corrected chi connectivity index (χ3v) is 3.69. The van der Waals surface area contributed by atoms with E-state index in [-0.39, 0.29) is 11.6 Å². The van der Waals surface area contributed by atoms with Crippen LogP contribution in [0, 0.1) is 27.7 Å². The van der Waals surface area contributed by atoms with Gasteiger partial charge in [0.05, 0.1) is 0 Å². The number of rotatable bonds is 2. The van der Waals surface area contributed by atoms with E-state index in [4.69, 9.17) is 0 Å². The standard InChI is InChI=1S/C11H12O2.C9H12.C2H6/c1-7-4-5-10(8(2)12)6-11(7)9(3)13;1-7-4-5-8(2)9(3)6-7;1-2/h4-6H,1-3H3;4-6H,1-3H3;1-2H3. The molecule has 2 aromatic carbocycles. The molecule has 0 spiro atoms. The van der Waals surface area contributed by atoms with Crippen molar-refractivity contribution in [1.82, 2.24) is 0 Å². The highest BCUT2D eigenvalue weighted by Gasteiger charge is 2.06. The molecule has 2 heteroatoms. The van der Waals surface area contributed by atoms with E-state index in [1.807, 2.05) is 20.8 Å². The van der Waals surface area contributed by atoms with E-state index in [9.17, 15) is 9.59 Å². The zero-order valence-corrected chi connectivity index (χ0v) is 16.3. The molecule has 2 nitrogen and oxygen atoms in total. The first-order chi connectivity index (χ1) is 11.2. The zero-order chi connectivity index (χ0) is 18.9. The summed E-state index contributed by atoms with van der Waals surface area (Å²) in [6.45, 7) is 15.3. The van der Waals surface area contributed by atoms with Gasteiger partial charge in [-0.3, -0.25) is 9.59 Å². The van der Waals surface area contributed by atoms with Gasteiger partial charge in [0.2, 0.25) is 0 Å². The number of carbonyl (C=O) groups is 2. The van der Waals surface area contributed by atoms with Crippen LogP contribution < -0.4 is 0 Å². The second-order valence-corrected chi connectivity index (χ2v) is 5.73. The van der Waals surface area contributed by atoms with Crippen LogP contribution in [0.5, 0.6) is 0 Å². The summed E-state index contributed by atoms with van der Waals surface area (Å²) in [4.78, 5) is 22.1. The summed E-state index contributed by atoms with van der Waals surface area (Å²) in [5.74, 6) is -0.0110. The molecule has 0 heterocycles. The molecule has 0 amide bonds. The molecule has 0 saturated carbocycles. The van der Waals surface area contributed by atoms with Crippen LogP contribution in [0.2, 0.25) is 0 Å². The first-order valence-corrected chi connectivity index (χ1v) is 8.38. The van der Waals surface area contributed by atoms with E-state index < -0.39 is 0 Å². The van der Waals surface area contributed by atoms with Crippen molar-refractivity contribution in [3.63, 3.8) is 0 Å². The number of hydrogen-bond donors (Lipinski definition) is 0. The first kappa shape index (κ1) is 21.8. The number of carbonyl (C=O) groups excluding carboxylic acids is 2. The fourth-order valence-electron chi connectivity index (χ4n) is 2.11. The first-order valence-electron chi connectivity index (χ1n) is 8.38. The summed E-state index contributed by atoms with van der Waals surface area (Å²) in [6.07, 6.45) is 0. The quantitative estimate of drug-likeness (QED) is 0.631. The van der Waals surface area contributed by atoms with E-state index >= 15 is 0 Å². The lowest BCUT2D eigenvalue weighted by Gasteiger charge is -2.03. The SMILES string of the molecule is CC.CC(=O)c1ccc(C)c(C(C)=O)c1.Cc1ccc(C)c(C)c1. The summed E-state index contributed by atoms with van der Waals surface area (Å²) in [5.41, 5.74) is 6.25. The van der Waals surface area contributed by atoms with Gasteiger partial charge in [-0.25, -0.2) is 0 Å². The smallest absolute Gasteiger partial charge is 0.160 e. The Morgan fingerprint density at radius 1 is 0.667 bits per heavy atom. The molecule has 2 aromatic rings. The number of aryl methyl sites for hydroxylation is 4. The van der Waals surface area contributed by atoms with Gasteiger partial charge in [0.15, 0.2) is 11.6 Å². The van der Waals surface area contributed by atoms with Crippen LogP contribution in [-0.2, 0) is 0 Å². The maximum atomic E-state index is 11.1. The van der Waals surface area contributed by atoms with Crippen molar-refractivity contribution in [3.8, 4) is 0 Å². The maximum absolute atomic E-state index is 11.1. The van der Waals surface area contributed by atoms with Gasteiger partial charge in [-0.15, -0.1) is 0 Å². The van der Waals surface area contributed by atoms with Gasteiger partial charge >= 0.3 is 0 Å². The average molecular weight is 326 g/mol. The van der Waals surface area contributed by atoms with Crippen molar-refractivity contribution in [1.29, 1.82) is 0 Å². The molecular formula is C22H30O2. The topological polar surface area (TPSA) is 34.1 Å². The lowest BCUT2D eigenvalue weighted by molar-refractivity contribution is 0.101. The third-order valence-electron chi connectivity index (χ3n) is 3.69. The van der Waals surface area contributed by atoms with Gasteiger partial charge < -0.3 is 0 Å². The highest BCUT2D eigenvalue weighted by Crippen LogP contribution is 2.12. The third kappa shape index (κ3) is 6.91. The predicted octanol–water partition coefficient (Wildman–Crippen LogP) is 6.04. The fourth-order valence-corrected chi connectivity index (χ4v) is 2.11. The molecule has 0 aliphatic carbocycles. The summed E-state index contributed by atoms with van der Waals surface area (Å²) in [6, 6.07) is 11.7. The van der Waals surface area contributed by atoms with Crippen molar-refractivity contribution in [3.05, 3.63) is 69.8 Å². The second kappa shape index (κ2) is 10.5. The van der Waals surface area contributed by atoms with Crippen molar-refractivity contribution >= 4 is 11.6 Å². The van der Waals surface area contributed by atoms with E-state index in [1.165, 1.54) is 30.5 Å². The molecule has 2 rings (SSSR count). The molecule has 0 N–H and O–H groups in total. The summed E-state index contributed by atoms with van der Waals surface area (Å²) in [5, 5.41) is 0. The van der Waals surface area contributed by atoms with Gasteiger partial charge in [-0.1, -0.05) is 49.7 Å². The molecule has 0 bridgehead atoms. The van der Waals surface area contributed by atoms with Gasteiger partial charge in [0.1, 0.15) is 0 Å². The van der Waals surface area contributed by atoms with Crippen LogP contribution in [0.4, 0.5) is 0 Å². The number of hydrogen-bond acceptors (Lipinski definition) is 2. The molecule has 24 heavy (non-hydrogen) atoms. The molecule has 0 saturated heterocycles. The van der Waals surface area contributed by atoms with Crippen LogP contribution in [0.1, 0.15) is 70.7 Å². The van der Waals surface area contributed by atoms with Crippen LogP contribution in [0.15, 0.2) is 36.4 Å². The minimum absolute atomic E-state index is 0.000556. The van der Waals surface area contributed by atoms with E-state index in [2.05, 4.69) is 39.0 Å². The molecule has 130 valence electrons. The predicted molar refractivity (Wildman–Crippen MR) is 103 cm³/mol. The van der Waals surface area contributed by atoms with E-state index in [0.717, 1.165) is 5.56 Å². The van der Waals surface area contributed by atoms with Crippen molar-refractivity contribution in [2.75, 3.05) is 0 Å². The van der Waals surface area contributed by atoms with Crippen molar-refractivity contribution < 1.29 is 9.59 Å². The number of Topliss-reactive ketones (excluding diaryl/α,β-unsaturated/α-hetero) is 2. The van der Waals surface area contributed by atoms with Gasteiger partial charge in [0.25, 0.3) is 0 Å². The minimum atomic E-state index is -0.0116. The van der Waals surface area contributed by atoms with Gasteiger partial charge in [-0.2, -0.15) is 0 Å². The number of benzene rings is 2. The van der Waals surface area contributed by atoms with Crippen molar-refractivity contribution in [2.24, 2.45) is 0 Å². The Labute approximate surface area is 146 Å². The Morgan fingerprint density at radius 3 is 1.62 bits per heavy atom. The fraction of sp³-hybridized carbons (Fsp3) is 0.364. The maximum Gasteiger partial charge on any atom is 0.160 e. The highest BCUT2D eigenvalue weighted by molar-refractivity contribution is 6.00. The molecule has 0 aliphatic rings. The molecule has 0 aliphatic heterocycles. The number of ketones is 2. The molecule has 0 unspecified atom stereocenters. The van der Waals surface area contributed by atoms with Crippen LogP contribution >= 0.6 is 0 Å². The zero-order valence-electron chi connectivity index (χ0n) is 16.3. The molecule has 0 aromatic heterocycles. The van der Waals surface area contributed by atoms with Gasteiger partial charge in [-0.05, 0) is 64.3 Å². The highest BCUT2D eigenvalue weighted by atomic mass is 16.1. The van der Waals surface area contributed by atoms with E-state index in [1.54, 1.807) is 18.2 Å². The molecule has 0 atom stereocenters.